The first kappa shape index (κ1) is 120. The Hall–Kier alpha value is -6.20. The zero-order valence-corrected chi connectivity index (χ0v) is 96.0. The van der Waals surface area contributed by atoms with Crippen LogP contribution in [0.25, 0.3) is 0 Å². The number of amides is 1. The number of halogens is 3. The van der Waals surface area contributed by atoms with Gasteiger partial charge in [0.25, 0.3) is 9.05 Å². The molecule has 138 heavy (non-hydrogen) atoms. The minimum atomic E-state index is -3.55. The number of hydrogen-bond donors (Lipinski definition) is 7. The summed E-state index contributed by atoms with van der Waals surface area (Å²) in [4.78, 5) is 67.7. The number of anilines is 3. The molecule has 5 saturated heterocycles. The van der Waals surface area contributed by atoms with Gasteiger partial charge in [-0.25, -0.2) is 22.8 Å². The van der Waals surface area contributed by atoms with Crippen LogP contribution in [0.3, 0.4) is 0 Å². The van der Waals surface area contributed by atoms with Crippen molar-refractivity contribution < 1.29 is 90.6 Å². The van der Waals surface area contributed by atoms with Gasteiger partial charge in [0, 0.05) is 93.2 Å². The number of aliphatic hydroxyl groups is 2. The normalized spacial score (nSPS) is 24.0. The molecule has 30 nitrogen and oxygen atoms in total. The van der Waals surface area contributed by atoms with E-state index in [-0.39, 0.29) is 123 Å². The molecule has 0 spiro atoms. The topological polar surface area (TPSA) is 409 Å². The number of carbonyl (C=O) groups is 1. The van der Waals surface area contributed by atoms with Gasteiger partial charge in [-0.05, 0) is 168 Å². The summed E-state index contributed by atoms with van der Waals surface area (Å²) in [6.45, 7) is 79.8. The largest absolute Gasteiger partial charge is 0.507 e. The van der Waals surface area contributed by atoms with E-state index in [9.17, 15) is 42.9 Å². The number of phenolic OH excluding ortho intramolecular Hbond substituents is 2. The van der Waals surface area contributed by atoms with Crippen LogP contribution in [-0.2, 0) is 92.4 Å². The number of nitrogens with zero attached hydrogens (tertiary/aromatic N) is 8. The number of fused-ring (bicyclic) bond motifs is 2. The van der Waals surface area contributed by atoms with E-state index in [2.05, 4.69) is 261 Å². The van der Waals surface area contributed by atoms with E-state index in [1.165, 1.54) is 47.4 Å². The quantitative estimate of drug-likeness (QED) is 0.0130. The maximum absolute atomic E-state index is 12.8. The molecular weight excluding hydrogens is 1960 g/mol. The number of carbonyl (C=O) groups excluding carboxylic acids is 1. The first-order valence-corrected chi connectivity index (χ1v) is 58.2. The number of nitrogen functional groups attached to an aromatic ring is 2. The van der Waals surface area contributed by atoms with Crippen LogP contribution in [0, 0.1) is 6.92 Å². The smallest absolute Gasteiger partial charge is 0.351 e. The number of nitrogens with one attached hydrogen (secondary N) is 1. The van der Waals surface area contributed by atoms with E-state index in [4.69, 9.17) is 101 Å². The van der Waals surface area contributed by atoms with Gasteiger partial charge in [0.15, 0.2) is 18.7 Å². The first-order valence-electron chi connectivity index (χ1n) is 47.3. The minimum absolute atomic E-state index is 0. The molecule has 5 fully saturated rings. The van der Waals surface area contributed by atoms with E-state index in [0.29, 0.717) is 18.8 Å². The standard InChI is InChI=1S/C36H56N2O2.C24H41N3O6Si2.C22H40ClN3O5Si2.C10H14ClN3O4.C7H7ClO2S.Co/c1-31(2,3)25-17-23(29(39)27(19-25)33(7,8)9)21-37-35(13,14)36(15,16)38-22-24-18-26(32(4,5)6)20-28(30(24)40)34(10,11)12;1-14(2)34(15(3)4)30-13-20-22(32-35(33-34,16(5)6)17(7)8)18(9)23(31-20)27-12-11-21(25-19(10)28)26-24(27)29;1-13(2)32(14(3)4)28-12-17-19(30-33(31-32,15(5)6)16(7)8)22(9,23)20(29-17)26-11-10-18(24)25-21(26)27;1-10(11)7(16)5(4-15)18-8(10)14-3-2-6(12)13-9(14)17;1-6-2-4-7(5-3-6)11(8,9)10;/h17-22,39-40H,1-16H3;11-12,14-17,20,22-23H,9,13H2,1-8,10H3,(H,25,26,28,29);10-11,13-17,19-20H,12H2,1-9H3,(H2,24,25,27);2-3,5,7-8,15-16H,4H2,1H3,(H2,12,13,17);2-5H,1H3;/t;20-,22+,23-;17-,19-,20-,22-;5-,7-,8-,10-;;/m.111../s1. The Morgan fingerprint density at radius 2 is 0.928 bits per heavy atom. The monoisotopic (exact) mass is 2110 g/mol. The van der Waals surface area contributed by atoms with E-state index >= 15 is 0 Å². The van der Waals surface area contributed by atoms with Gasteiger partial charge in [0.2, 0.25) is 5.91 Å². The molecule has 11 atom stereocenters. The Labute approximate surface area is 848 Å². The average molecular weight is 2120 g/mol. The fourth-order valence-corrected chi connectivity index (χ4v) is 41.4. The van der Waals surface area contributed by atoms with E-state index in [0.717, 1.165) is 43.5 Å². The summed E-state index contributed by atoms with van der Waals surface area (Å²) in [6, 6.07) is 19.3. The van der Waals surface area contributed by atoms with Gasteiger partial charge in [0.05, 0.1) is 41.9 Å². The third kappa shape index (κ3) is 27.1. The Morgan fingerprint density at radius 1 is 0.558 bits per heavy atom. The molecule has 5 aliphatic rings. The fraction of sp³-hybridized carbons (Fsp3) is 0.646. The van der Waals surface area contributed by atoms with Crippen molar-refractivity contribution in [1.82, 2.24) is 28.7 Å². The Kier molecular flexibility index (Phi) is 39.8. The third-order valence-electron chi connectivity index (χ3n) is 26.6. The minimum Gasteiger partial charge on any atom is -0.507 e. The third-order valence-corrected chi connectivity index (χ3v) is 49.3. The van der Waals surface area contributed by atoms with Crippen molar-refractivity contribution in [2.24, 2.45) is 9.98 Å². The van der Waals surface area contributed by atoms with Crippen LogP contribution < -0.4 is 33.9 Å². The second kappa shape index (κ2) is 45.6. The number of nitrogens with two attached hydrogens (primary N) is 2. The van der Waals surface area contributed by atoms with Crippen LogP contribution in [0.15, 0.2) is 127 Å². The van der Waals surface area contributed by atoms with Gasteiger partial charge in [-0.3, -0.25) is 28.5 Å². The molecule has 3 aromatic heterocycles. The van der Waals surface area contributed by atoms with Crippen molar-refractivity contribution in [2.75, 3.05) is 36.6 Å². The van der Waals surface area contributed by atoms with Crippen LogP contribution in [0.4, 0.5) is 17.5 Å². The van der Waals surface area contributed by atoms with Gasteiger partial charge < -0.3 is 77.4 Å². The van der Waals surface area contributed by atoms with Gasteiger partial charge >= 0.3 is 51.3 Å². The molecule has 6 aromatic rings. The number of aromatic hydroxyl groups is 2. The Bertz CT molecular complexity index is 5440. The zero-order chi connectivity index (χ0) is 104. The van der Waals surface area contributed by atoms with Crippen LogP contribution in [0.1, 0.15) is 300 Å². The van der Waals surface area contributed by atoms with E-state index < -0.39 is 143 Å². The Morgan fingerprint density at radius 3 is 1.27 bits per heavy atom. The zero-order valence-electron chi connectivity index (χ0n) is 87.9. The van der Waals surface area contributed by atoms with Crippen molar-refractivity contribution >= 4 is 113 Å². The van der Waals surface area contributed by atoms with Gasteiger partial charge in [0.1, 0.15) is 69.2 Å². The molecule has 0 saturated carbocycles. The van der Waals surface area contributed by atoms with Gasteiger partial charge in [-0.1, -0.05) is 230 Å². The molecule has 9 N–H and O–H groups in total. The van der Waals surface area contributed by atoms with Crippen molar-refractivity contribution in [3.05, 3.63) is 168 Å². The molecule has 0 aliphatic carbocycles. The molecular formula is C99H158Cl3CoN11O19SSi4. The number of benzene rings is 3. The summed E-state index contributed by atoms with van der Waals surface area (Å²) in [6.07, 6.45) is 1.87. The fourth-order valence-electron chi connectivity index (χ4n) is 17.4. The number of aliphatic hydroxyl groups excluding tert-OH is 2. The molecule has 775 valence electrons. The number of alkyl halides is 2. The van der Waals surface area contributed by atoms with Crippen LogP contribution in [0.2, 0.25) is 44.3 Å². The SMILES string of the molecule is C=C1[C@H](n2ccc(NC(C)=O)nc2=O)O[C@@H]2CO[Si](C(C)C)(C(C)C)O[Si](C(C)C)(C(C)C)O[C@@H]12.CC(C)(C)c1cc(C=NC(C)(C)C(C)(C)N=Cc2cc(C(C)(C)C)cc(C(C)(C)C)c2O)c(O)c(C(C)(C)C)c1.CC(C)[Si]1(C(C)C)OC[C@H]2O[C@@H](n3ccc(N)nc3=O)[C@](C)(Cl)[C@@H]2O[Si](C(C)C)(C(C)C)O1.C[C@@]1(Cl)[C@H](O)[C@@H](CO)O[C@H]1n1ccc(N)nc1=O.Cc1ccc(S(=O)(=O)Cl)cc1.[Co]. The summed E-state index contributed by atoms with van der Waals surface area (Å²) in [5, 5.41) is 44.0. The van der Waals surface area contributed by atoms with Gasteiger partial charge in [-0.2, -0.15) is 15.0 Å². The molecule has 0 bridgehead atoms. The molecule has 5 aliphatic heterocycles. The van der Waals surface area contributed by atoms with Crippen LogP contribution in [-0.4, -0.2) is 187 Å². The van der Waals surface area contributed by atoms with E-state index in [1.807, 2.05) is 26.0 Å². The molecule has 1 radical (unpaired) electrons. The van der Waals surface area contributed by atoms with Crippen molar-refractivity contribution in [2.45, 2.75) is 396 Å². The van der Waals surface area contributed by atoms with Crippen molar-refractivity contribution in [3.63, 3.8) is 0 Å². The molecule has 11 rings (SSSR count). The van der Waals surface area contributed by atoms with Crippen LogP contribution >= 0.6 is 33.9 Å². The molecule has 3 aromatic carbocycles. The molecule has 8 heterocycles. The average Bonchev–Trinajstić information content (AvgIpc) is 1.55. The van der Waals surface area contributed by atoms with Crippen molar-refractivity contribution in [1.29, 1.82) is 0 Å². The maximum Gasteiger partial charge on any atom is 0.351 e. The summed E-state index contributed by atoms with van der Waals surface area (Å²) in [5.41, 5.74) is 16.5. The molecule has 39 heteroatoms. The first-order chi connectivity index (χ1) is 62.5. The molecule has 0 unspecified atom stereocenters. The number of phenols is 2. The number of aromatic nitrogens is 6. The Balaban J connectivity index is 0.000000277. The molecule has 1 amide bonds. The summed E-state index contributed by atoms with van der Waals surface area (Å²) in [7, 11) is -9.54. The summed E-state index contributed by atoms with van der Waals surface area (Å²) >= 11 is 13.4. The number of aryl methyl sites for hydroxylation is 1. The van der Waals surface area contributed by atoms with E-state index in [1.54, 1.807) is 49.1 Å². The maximum atomic E-state index is 12.8. The summed E-state index contributed by atoms with van der Waals surface area (Å²) in [5.74, 6) is 0.689. The van der Waals surface area contributed by atoms with Gasteiger partial charge in [-0.15, -0.1) is 23.2 Å². The van der Waals surface area contributed by atoms with Crippen LogP contribution in [0.5, 0.6) is 11.5 Å². The number of rotatable bonds is 19. The number of ether oxygens (including phenoxy) is 3. The number of aliphatic imine (C=N–C) groups is 2. The predicted octanol–water partition coefficient (Wildman–Crippen LogP) is 19.7. The second-order valence-corrected chi connectivity index (χ2v) is 66.6. The predicted molar refractivity (Wildman–Crippen MR) is 557 cm³/mol. The summed E-state index contributed by atoms with van der Waals surface area (Å²) < 4.78 is 85.5. The second-order valence-electron chi connectivity index (χ2n) is 44.7. The number of hydrogen-bond acceptors (Lipinski definition) is 26. The van der Waals surface area contributed by atoms with Crippen molar-refractivity contribution in [3.8, 4) is 11.5 Å².